The molecule has 0 aromatic heterocycles. The number of ether oxygens (including phenoxy) is 1. The van der Waals surface area contributed by atoms with Crippen LogP contribution >= 0.6 is 0 Å². The summed E-state index contributed by atoms with van der Waals surface area (Å²) >= 11 is 0. The van der Waals surface area contributed by atoms with Gasteiger partial charge in [-0.15, -0.1) is 0 Å². The van der Waals surface area contributed by atoms with Crippen LogP contribution in [-0.2, 0) is 9.53 Å². The van der Waals surface area contributed by atoms with Crippen molar-refractivity contribution in [1.82, 2.24) is 10.6 Å². The van der Waals surface area contributed by atoms with Gasteiger partial charge in [-0.25, -0.2) is 0 Å². The molecule has 82 valence electrons. The Labute approximate surface area is 84.4 Å². The van der Waals surface area contributed by atoms with Crippen LogP contribution in [0.15, 0.2) is 0 Å². The fourth-order valence-electron chi connectivity index (χ4n) is 1.20. The molecule has 1 aliphatic rings. The number of hydrogen-bond acceptors (Lipinski definition) is 4. The van der Waals surface area contributed by atoms with Gasteiger partial charge in [-0.3, -0.25) is 4.79 Å². The molecule has 1 aliphatic heterocycles. The molecule has 5 nitrogen and oxygen atoms in total. The summed E-state index contributed by atoms with van der Waals surface area (Å²) in [7, 11) is 0. The van der Waals surface area contributed by atoms with Crippen LogP contribution in [0, 0.1) is 0 Å². The summed E-state index contributed by atoms with van der Waals surface area (Å²) in [6, 6.07) is 0. The normalized spacial score (nSPS) is 23.2. The van der Waals surface area contributed by atoms with Crippen LogP contribution < -0.4 is 16.4 Å². The predicted octanol–water partition coefficient (Wildman–Crippen LogP) is -1.17. The first kappa shape index (κ1) is 11.4. The fraction of sp³-hybridized carbons (Fsp3) is 0.889. The van der Waals surface area contributed by atoms with Gasteiger partial charge in [-0.2, -0.15) is 0 Å². The van der Waals surface area contributed by atoms with Gasteiger partial charge < -0.3 is 21.1 Å². The number of morpholine rings is 1. The lowest BCUT2D eigenvalue weighted by Crippen LogP contribution is -2.55. The van der Waals surface area contributed by atoms with Crippen LogP contribution in [0.2, 0.25) is 0 Å². The van der Waals surface area contributed by atoms with Crippen molar-refractivity contribution in [2.75, 3.05) is 26.2 Å². The highest BCUT2D eigenvalue weighted by Crippen LogP contribution is 2.02. The number of rotatable bonds is 3. The lowest BCUT2D eigenvalue weighted by molar-refractivity contribution is -0.135. The minimum Gasteiger partial charge on any atom is -0.366 e. The minimum absolute atomic E-state index is 0.0901. The van der Waals surface area contributed by atoms with Crippen molar-refractivity contribution in [3.05, 3.63) is 0 Å². The molecule has 0 unspecified atom stereocenters. The number of carbonyl (C=O) groups is 1. The highest BCUT2D eigenvalue weighted by atomic mass is 16.5. The number of nitrogens with one attached hydrogen (secondary N) is 2. The molecule has 0 aromatic carbocycles. The maximum absolute atomic E-state index is 11.6. The molecule has 0 bridgehead atoms. The topological polar surface area (TPSA) is 76.4 Å². The Morgan fingerprint density at radius 3 is 2.93 bits per heavy atom. The molecule has 4 N–H and O–H groups in total. The van der Waals surface area contributed by atoms with E-state index in [9.17, 15) is 4.79 Å². The average molecular weight is 201 g/mol. The van der Waals surface area contributed by atoms with Crippen LogP contribution in [0.25, 0.3) is 0 Å². The van der Waals surface area contributed by atoms with Crippen molar-refractivity contribution < 1.29 is 9.53 Å². The minimum atomic E-state index is -0.380. The Morgan fingerprint density at radius 1 is 1.71 bits per heavy atom. The van der Waals surface area contributed by atoms with E-state index in [2.05, 4.69) is 10.6 Å². The highest BCUT2D eigenvalue weighted by Gasteiger charge is 2.26. The van der Waals surface area contributed by atoms with Crippen molar-refractivity contribution in [2.24, 2.45) is 5.73 Å². The van der Waals surface area contributed by atoms with Crippen molar-refractivity contribution in [2.45, 2.75) is 25.5 Å². The smallest absolute Gasteiger partial charge is 0.250 e. The first-order valence-corrected chi connectivity index (χ1v) is 4.89. The van der Waals surface area contributed by atoms with Gasteiger partial charge in [0, 0.05) is 25.2 Å². The Morgan fingerprint density at radius 2 is 2.43 bits per heavy atom. The number of hydrogen-bond donors (Lipinski definition) is 3. The lowest BCUT2D eigenvalue weighted by Gasteiger charge is -2.29. The maximum Gasteiger partial charge on any atom is 0.250 e. The van der Waals surface area contributed by atoms with E-state index in [1.54, 1.807) is 0 Å². The quantitative estimate of drug-likeness (QED) is 0.537. The number of amides is 1. The molecule has 0 aromatic rings. The summed E-state index contributed by atoms with van der Waals surface area (Å²) in [6.07, 6.45) is -0.380. The van der Waals surface area contributed by atoms with E-state index in [0.29, 0.717) is 19.7 Å². The fourth-order valence-corrected chi connectivity index (χ4v) is 1.20. The SMILES string of the molecule is CC(C)(CN)NC(=O)[C@H]1CNCCO1. The molecule has 14 heavy (non-hydrogen) atoms. The van der Waals surface area contributed by atoms with Gasteiger partial charge in [0.15, 0.2) is 0 Å². The molecular formula is C9H19N3O2. The van der Waals surface area contributed by atoms with Gasteiger partial charge in [-0.05, 0) is 13.8 Å². The zero-order valence-electron chi connectivity index (χ0n) is 8.80. The maximum atomic E-state index is 11.6. The molecule has 5 heteroatoms. The Balaban J connectivity index is 2.40. The van der Waals surface area contributed by atoms with E-state index in [-0.39, 0.29) is 17.6 Å². The van der Waals surface area contributed by atoms with Crippen molar-refractivity contribution in [3.63, 3.8) is 0 Å². The molecule has 1 atom stereocenters. The van der Waals surface area contributed by atoms with E-state index >= 15 is 0 Å². The second-order valence-electron chi connectivity index (χ2n) is 4.14. The van der Waals surface area contributed by atoms with E-state index in [1.165, 1.54) is 0 Å². The van der Waals surface area contributed by atoms with Crippen molar-refractivity contribution >= 4 is 5.91 Å². The third-order valence-corrected chi connectivity index (χ3v) is 2.19. The Kier molecular flexibility index (Phi) is 3.86. The van der Waals surface area contributed by atoms with Crippen LogP contribution in [0.5, 0.6) is 0 Å². The molecule has 0 aliphatic carbocycles. The lowest BCUT2D eigenvalue weighted by atomic mass is 10.1. The monoisotopic (exact) mass is 201 g/mol. The largest absolute Gasteiger partial charge is 0.366 e. The van der Waals surface area contributed by atoms with E-state index in [1.807, 2.05) is 13.8 Å². The van der Waals surface area contributed by atoms with Crippen molar-refractivity contribution in [3.8, 4) is 0 Å². The standard InChI is InChI=1S/C9H19N3O2/c1-9(2,6-10)12-8(13)7-5-11-3-4-14-7/h7,11H,3-6,10H2,1-2H3,(H,12,13)/t7-/m1/s1. The van der Waals surface area contributed by atoms with Crippen molar-refractivity contribution in [1.29, 1.82) is 0 Å². The zero-order chi connectivity index (χ0) is 10.6. The zero-order valence-corrected chi connectivity index (χ0v) is 8.80. The second-order valence-corrected chi connectivity index (χ2v) is 4.14. The van der Waals surface area contributed by atoms with Crippen LogP contribution in [-0.4, -0.2) is 43.8 Å². The predicted molar refractivity (Wildman–Crippen MR) is 53.9 cm³/mol. The van der Waals surface area contributed by atoms with E-state index < -0.39 is 0 Å². The molecule has 0 spiro atoms. The molecule has 1 fully saturated rings. The van der Waals surface area contributed by atoms with Crippen LogP contribution in [0.3, 0.4) is 0 Å². The first-order valence-electron chi connectivity index (χ1n) is 4.89. The third kappa shape index (κ3) is 3.25. The molecule has 0 radical (unpaired) electrons. The molecule has 0 saturated carbocycles. The molecule has 1 heterocycles. The van der Waals surface area contributed by atoms with Gasteiger partial charge in [-0.1, -0.05) is 0 Å². The molecular weight excluding hydrogens is 182 g/mol. The van der Waals surface area contributed by atoms with Gasteiger partial charge in [0.1, 0.15) is 6.10 Å². The Hall–Kier alpha value is -0.650. The third-order valence-electron chi connectivity index (χ3n) is 2.19. The molecule has 1 amide bonds. The first-order chi connectivity index (χ1) is 6.55. The molecule has 1 rings (SSSR count). The average Bonchev–Trinajstić information content (AvgIpc) is 2.19. The summed E-state index contributed by atoms with van der Waals surface area (Å²) < 4.78 is 5.31. The summed E-state index contributed by atoms with van der Waals surface area (Å²) in [5.74, 6) is -0.0901. The van der Waals surface area contributed by atoms with Gasteiger partial charge in [0.05, 0.1) is 6.61 Å². The summed E-state index contributed by atoms with van der Waals surface area (Å²) in [5.41, 5.74) is 5.15. The summed E-state index contributed by atoms with van der Waals surface area (Å²) in [4.78, 5) is 11.6. The van der Waals surface area contributed by atoms with Crippen LogP contribution in [0.4, 0.5) is 0 Å². The van der Waals surface area contributed by atoms with E-state index in [4.69, 9.17) is 10.5 Å². The molecule has 1 saturated heterocycles. The van der Waals surface area contributed by atoms with Gasteiger partial charge in [0.2, 0.25) is 0 Å². The van der Waals surface area contributed by atoms with Gasteiger partial charge >= 0.3 is 0 Å². The summed E-state index contributed by atoms with van der Waals surface area (Å²) in [6.45, 7) is 6.17. The number of nitrogens with two attached hydrogens (primary N) is 1. The Bertz CT molecular complexity index is 200. The highest BCUT2D eigenvalue weighted by molar-refractivity contribution is 5.81. The van der Waals surface area contributed by atoms with Gasteiger partial charge in [0.25, 0.3) is 5.91 Å². The van der Waals surface area contributed by atoms with E-state index in [0.717, 1.165) is 6.54 Å². The van der Waals surface area contributed by atoms with Crippen LogP contribution in [0.1, 0.15) is 13.8 Å². The summed E-state index contributed by atoms with van der Waals surface area (Å²) in [5, 5.41) is 5.95. The number of carbonyl (C=O) groups excluding carboxylic acids is 1. The second kappa shape index (κ2) is 4.72.